The maximum absolute atomic E-state index is 5.33. The summed E-state index contributed by atoms with van der Waals surface area (Å²) in [6.45, 7) is 9.52. The normalized spacial score (nSPS) is 14.4. The van der Waals surface area contributed by atoms with Crippen molar-refractivity contribution in [2.24, 2.45) is 5.92 Å². The zero-order chi connectivity index (χ0) is 8.53. The summed E-state index contributed by atoms with van der Waals surface area (Å²) < 4.78 is 0. The molecule has 0 bridgehead atoms. The molecule has 0 aliphatic rings. The Hall–Kier alpha value is -0.780. The predicted octanol–water partition coefficient (Wildman–Crippen LogP) is 3.52. The molecule has 1 atom stereocenters. The first-order valence-electron chi connectivity index (χ1n) is 4.18. The van der Waals surface area contributed by atoms with E-state index < -0.39 is 0 Å². The molecule has 0 saturated carbocycles. The molecule has 0 aliphatic heterocycles. The Labute approximate surface area is 70.3 Å². The Morgan fingerprint density at radius 3 is 2.55 bits per heavy atom. The molecule has 0 fully saturated rings. The summed E-state index contributed by atoms with van der Waals surface area (Å²) in [4.78, 5) is 0. The summed E-state index contributed by atoms with van der Waals surface area (Å²) in [5.41, 5.74) is 0. The van der Waals surface area contributed by atoms with Crippen LogP contribution < -0.4 is 0 Å². The van der Waals surface area contributed by atoms with Gasteiger partial charge in [0.2, 0.25) is 0 Å². The quantitative estimate of drug-likeness (QED) is 0.525. The van der Waals surface area contributed by atoms with Gasteiger partial charge >= 0.3 is 0 Å². The maximum atomic E-state index is 5.33. The topological polar surface area (TPSA) is 0 Å². The van der Waals surface area contributed by atoms with E-state index in [-0.39, 0.29) is 0 Å². The summed E-state index contributed by atoms with van der Waals surface area (Å²) >= 11 is 0. The molecule has 0 nitrogen and oxygen atoms in total. The smallest absolute Gasteiger partial charge is 0.0198 e. The molecule has 0 saturated heterocycles. The van der Waals surface area contributed by atoms with Gasteiger partial charge in [0.25, 0.3) is 0 Å². The standard InChI is InChI=1S/C11H17/c1-4-7-8-10-11(6-3)9-5-2/h2,4-5,7-8,10-11H,6,9H2,1,3H3. The first kappa shape index (κ1) is 10.2. The Balaban J connectivity index is 3.75. The molecule has 0 aromatic rings. The van der Waals surface area contributed by atoms with E-state index in [0.717, 1.165) is 12.8 Å². The molecular weight excluding hydrogens is 132 g/mol. The monoisotopic (exact) mass is 149 g/mol. The van der Waals surface area contributed by atoms with Crippen LogP contribution in [0, 0.1) is 12.5 Å². The van der Waals surface area contributed by atoms with Crippen molar-refractivity contribution in [1.82, 2.24) is 0 Å². The van der Waals surface area contributed by atoms with Crippen molar-refractivity contribution in [3.63, 3.8) is 0 Å². The summed E-state index contributed by atoms with van der Waals surface area (Å²) in [5, 5.41) is 0. The molecule has 1 unspecified atom stereocenters. The Morgan fingerprint density at radius 2 is 2.09 bits per heavy atom. The van der Waals surface area contributed by atoms with E-state index in [1.807, 2.05) is 19.1 Å². The van der Waals surface area contributed by atoms with Crippen molar-refractivity contribution >= 4 is 0 Å². The van der Waals surface area contributed by atoms with Gasteiger partial charge in [0, 0.05) is 0 Å². The minimum Gasteiger partial charge on any atom is -0.0877 e. The molecule has 0 heteroatoms. The van der Waals surface area contributed by atoms with Crippen molar-refractivity contribution in [2.45, 2.75) is 26.7 Å². The van der Waals surface area contributed by atoms with Crippen molar-refractivity contribution in [1.29, 1.82) is 0 Å². The molecule has 0 spiro atoms. The first-order chi connectivity index (χ1) is 5.35. The fourth-order valence-corrected chi connectivity index (χ4v) is 0.889. The number of hydrogen-bond donors (Lipinski definition) is 0. The van der Waals surface area contributed by atoms with E-state index in [0.29, 0.717) is 5.92 Å². The van der Waals surface area contributed by atoms with E-state index in [4.69, 9.17) is 6.58 Å². The molecule has 0 rings (SSSR count). The van der Waals surface area contributed by atoms with E-state index in [9.17, 15) is 0 Å². The Morgan fingerprint density at radius 1 is 1.36 bits per heavy atom. The van der Waals surface area contributed by atoms with E-state index >= 15 is 0 Å². The van der Waals surface area contributed by atoms with Crippen LogP contribution in [-0.4, -0.2) is 0 Å². The molecule has 0 aromatic heterocycles. The lowest BCUT2D eigenvalue weighted by Gasteiger charge is -2.03. The van der Waals surface area contributed by atoms with Crippen LogP contribution in [0.5, 0.6) is 0 Å². The lowest BCUT2D eigenvalue weighted by Crippen LogP contribution is -1.90. The zero-order valence-electron chi connectivity index (χ0n) is 7.46. The highest BCUT2D eigenvalue weighted by Gasteiger charge is 1.95. The second-order valence-corrected chi connectivity index (χ2v) is 2.55. The third-order valence-corrected chi connectivity index (χ3v) is 1.65. The Kier molecular flexibility index (Phi) is 6.81. The average Bonchev–Trinajstić information content (AvgIpc) is 2.03. The van der Waals surface area contributed by atoms with Crippen LogP contribution in [0.2, 0.25) is 0 Å². The van der Waals surface area contributed by atoms with Gasteiger partial charge in [0.15, 0.2) is 0 Å². The minimum atomic E-state index is 0.608. The second-order valence-electron chi connectivity index (χ2n) is 2.55. The SMILES string of the molecule is [CH]=CCC(C=CC=CC)CC. The number of rotatable bonds is 5. The van der Waals surface area contributed by atoms with Gasteiger partial charge < -0.3 is 0 Å². The summed E-state index contributed by atoms with van der Waals surface area (Å²) in [6.07, 6.45) is 12.2. The Bertz CT molecular complexity index is 140. The van der Waals surface area contributed by atoms with Crippen LogP contribution in [-0.2, 0) is 0 Å². The predicted molar refractivity (Wildman–Crippen MR) is 51.2 cm³/mol. The second kappa shape index (κ2) is 7.33. The molecular formula is C11H17. The molecule has 0 aromatic carbocycles. The van der Waals surface area contributed by atoms with Gasteiger partial charge in [-0.2, -0.15) is 0 Å². The van der Waals surface area contributed by atoms with Crippen LogP contribution in [0.15, 0.2) is 30.4 Å². The molecule has 0 aliphatic carbocycles. The zero-order valence-corrected chi connectivity index (χ0v) is 7.46. The summed E-state index contributed by atoms with van der Waals surface area (Å²) in [5.74, 6) is 0.608. The van der Waals surface area contributed by atoms with Crippen molar-refractivity contribution in [2.75, 3.05) is 0 Å². The van der Waals surface area contributed by atoms with Crippen molar-refractivity contribution in [3.8, 4) is 0 Å². The van der Waals surface area contributed by atoms with Crippen molar-refractivity contribution < 1.29 is 0 Å². The first-order valence-corrected chi connectivity index (χ1v) is 4.18. The highest BCUT2D eigenvalue weighted by molar-refractivity contribution is 5.03. The molecule has 0 amide bonds. The lowest BCUT2D eigenvalue weighted by atomic mass is 10.0. The van der Waals surface area contributed by atoms with Crippen LogP contribution in [0.1, 0.15) is 26.7 Å². The fourth-order valence-electron chi connectivity index (χ4n) is 0.889. The van der Waals surface area contributed by atoms with Crippen LogP contribution in [0.25, 0.3) is 0 Å². The highest BCUT2D eigenvalue weighted by atomic mass is 14.0. The summed E-state index contributed by atoms with van der Waals surface area (Å²) in [7, 11) is 0. The molecule has 11 heavy (non-hydrogen) atoms. The molecule has 1 radical (unpaired) electrons. The highest BCUT2D eigenvalue weighted by Crippen LogP contribution is 2.09. The average molecular weight is 149 g/mol. The van der Waals surface area contributed by atoms with Gasteiger partial charge in [-0.3, -0.25) is 0 Å². The summed E-state index contributed by atoms with van der Waals surface area (Å²) in [6, 6.07) is 0. The van der Waals surface area contributed by atoms with Gasteiger partial charge in [0.1, 0.15) is 0 Å². The van der Waals surface area contributed by atoms with Gasteiger partial charge in [-0.15, -0.1) is 0 Å². The largest absolute Gasteiger partial charge is 0.0877 e. The molecule has 0 heterocycles. The van der Waals surface area contributed by atoms with Crippen LogP contribution in [0.4, 0.5) is 0 Å². The van der Waals surface area contributed by atoms with Gasteiger partial charge in [-0.05, 0) is 25.7 Å². The van der Waals surface area contributed by atoms with Crippen LogP contribution >= 0.6 is 0 Å². The van der Waals surface area contributed by atoms with Crippen LogP contribution in [0.3, 0.4) is 0 Å². The number of hydrogen-bond acceptors (Lipinski definition) is 0. The third kappa shape index (κ3) is 5.65. The van der Waals surface area contributed by atoms with Crippen molar-refractivity contribution in [3.05, 3.63) is 37.0 Å². The van der Waals surface area contributed by atoms with E-state index in [1.165, 1.54) is 0 Å². The van der Waals surface area contributed by atoms with E-state index in [2.05, 4.69) is 19.1 Å². The van der Waals surface area contributed by atoms with Gasteiger partial charge in [0.05, 0.1) is 0 Å². The minimum absolute atomic E-state index is 0.608. The fraction of sp³-hybridized carbons (Fsp3) is 0.455. The van der Waals surface area contributed by atoms with Gasteiger partial charge in [-0.25, -0.2) is 0 Å². The molecule has 61 valence electrons. The van der Waals surface area contributed by atoms with E-state index in [1.54, 1.807) is 6.08 Å². The number of allylic oxidation sites excluding steroid dienone is 5. The maximum Gasteiger partial charge on any atom is -0.0198 e. The third-order valence-electron chi connectivity index (χ3n) is 1.65. The molecule has 0 N–H and O–H groups in total. The lowest BCUT2D eigenvalue weighted by molar-refractivity contribution is 0.638. The van der Waals surface area contributed by atoms with Gasteiger partial charge in [-0.1, -0.05) is 43.9 Å².